The molecule has 0 unspecified atom stereocenters. The van der Waals surface area contributed by atoms with E-state index >= 15 is 0 Å². The van der Waals surface area contributed by atoms with Gasteiger partial charge in [-0.15, -0.1) is 0 Å². The Morgan fingerprint density at radius 1 is 0.750 bits per heavy atom. The quantitative estimate of drug-likeness (QED) is 0.539. The maximum absolute atomic E-state index is 13.1. The molecule has 3 aromatic carbocycles. The van der Waals surface area contributed by atoms with Gasteiger partial charge in [-0.05, 0) is 70.3 Å². The number of hydrogen-bond acceptors (Lipinski definition) is 0. The second kappa shape index (κ2) is 6.24. The molecule has 0 spiro atoms. The Kier molecular flexibility index (Phi) is 3.93. The van der Waals surface area contributed by atoms with E-state index in [1.807, 2.05) is 12.1 Å². The van der Waals surface area contributed by atoms with Crippen LogP contribution in [0.3, 0.4) is 0 Å². The molecule has 0 radical (unpaired) electrons. The third-order valence-corrected chi connectivity index (χ3v) is 4.94. The van der Waals surface area contributed by atoms with E-state index in [0.29, 0.717) is 0 Å². The van der Waals surface area contributed by atoms with Crippen LogP contribution in [-0.2, 0) is 19.3 Å². The fourth-order valence-electron chi connectivity index (χ4n) is 3.72. The summed E-state index contributed by atoms with van der Waals surface area (Å²) >= 11 is 0. The van der Waals surface area contributed by atoms with E-state index in [1.54, 1.807) is 0 Å². The molecule has 0 aromatic heterocycles. The van der Waals surface area contributed by atoms with Gasteiger partial charge in [0.2, 0.25) is 0 Å². The van der Waals surface area contributed by atoms with Gasteiger partial charge in [-0.3, -0.25) is 0 Å². The van der Waals surface area contributed by atoms with Gasteiger partial charge in [0.05, 0.1) is 0 Å². The van der Waals surface area contributed by atoms with Crippen LogP contribution in [0.4, 0.5) is 4.39 Å². The predicted octanol–water partition coefficient (Wildman–Crippen LogP) is 6.21. The summed E-state index contributed by atoms with van der Waals surface area (Å²) in [6.07, 6.45) is 4.53. The summed E-state index contributed by atoms with van der Waals surface area (Å²) < 4.78 is 13.1. The van der Waals surface area contributed by atoms with Crippen LogP contribution in [0.15, 0.2) is 60.7 Å². The number of benzene rings is 3. The molecule has 0 amide bonds. The first-order valence-electron chi connectivity index (χ1n) is 8.75. The van der Waals surface area contributed by atoms with Crippen LogP contribution in [0.5, 0.6) is 0 Å². The largest absolute Gasteiger partial charge is 0.207 e. The molecule has 0 saturated carbocycles. The number of halogens is 1. The van der Waals surface area contributed by atoms with Crippen LogP contribution in [0.2, 0.25) is 0 Å². The summed E-state index contributed by atoms with van der Waals surface area (Å²) in [5, 5.41) is 0. The first kappa shape index (κ1) is 15.1. The van der Waals surface area contributed by atoms with Gasteiger partial charge in [-0.2, -0.15) is 0 Å². The van der Waals surface area contributed by atoms with Crippen LogP contribution >= 0.6 is 0 Å². The molecule has 1 aliphatic rings. The molecule has 0 heterocycles. The van der Waals surface area contributed by atoms with Crippen LogP contribution in [0.25, 0.3) is 22.3 Å². The van der Waals surface area contributed by atoms with Crippen molar-refractivity contribution < 1.29 is 4.39 Å². The van der Waals surface area contributed by atoms with Gasteiger partial charge in [0.25, 0.3) is 0 Å². The molecule has 120 valence electrons. The summed E-state index contributed by atoms with van der Waals surface area (Å²) in [6.45, 7) is 2.23. The molecule has 3 aromatic rings. The van der Waals surface area contributed by atoms with Crippen molar-refractivity contribution in [1.82, 2.24) is 0 Å². The van der Waals surface area contributed by atoms with E-state index in [2.05, 4.69) is 43.3 Å². The third-order valence-electron chi connectivity index (χ3n) is 4.94. The van der Waals surface area contributed by atoms with Crippen LogP contribution in [-0.4, -0.2) is 0 Å². The van der Waals surface area contributed by atoms with E-state index < -0.39 is 0 Å². The molecule has 0 fully saturated rings. The lowest BCUT2D eigenvalue weighted by Gasteiger charge is -2.21. The molecule has 0 saturated heterocycles. The topological polar surface area (TPSA) is 0 Å². The Hall–Kier alpha value is -2.41. The standard InChI is InChI=1S/C23H21F/c1-2-3-16-4-12-22-19(14-16)5-6-20-15-18(9-13-23(20)22)17-7-10-21(24)11-8-17/h4,7-15H,2-3,5-6H2,1H3. The lowest BCUT2D eigenvalue weighted by Crippen LogP contribution is -2.05. The average Bonchev–Trinajstić information content (AvgIpc) is 2.62. The first-order valence-corrected chi connectivity index (χ1v) is 8.75. The first-order chi connectivity index (χ1) is 11.7. The zero-order valence-electron chi connectivity index (χ0n) is 14.0. The smallest absolute Gasteiger partial charge is 0.123 e. The van der Waals surface area contributed by atoms with Crippen molar-refractivity contribution >= 4 is 0 Å². The Labute approximate surface area is 143 Å². The third kappa shape index (κ3) is 2.75. The minimum absolute atomic E-state index is 0.187. The predicted molar refractivity (Wildman–Crippen MR) is 98.7 cm³/mol. The summed E-state index contributed by atoms with van der Waals surface area (Å²) in [6, 6.07) is 20.4. The molecule has 1 heteroatoms. The van der Waals surface area contributed by atoms with E-state index in [1.165, 1.54) is 51.9 Å². The van der Waals surface area contributed by atoms with E-state index in [4.69, 9.17) is 0 Å². The molecule has 0 nitrogen and oxygen atoms in total. The Balaban J connectivity index is 1.73. The molecular weight excluding hydrogens is 295 g/mol. The number of hydrogen-bond donors (Lipinski definition) is 0. The summed E-state index contributed by atoms with van der Waals surface area (Å²) in [5.74, 6) is -0.187. The Morgan fingerprint density at radius 2 is 1.38 bits per heavy atom. The van der Waals surface area contributed by atoms with Gasteiger partial charge in [-0.25, -0.2) is 4.39 Å². The molecule has 1 aliphatic carbocycles. The molecule has 24 heavy (non-hydrogen) atoms. The van der Waals surface area contributed by atoms with Gasteiger partial charge in [-0.1, -0.05) is 61.9 Å². The minimum atomic E-state index is -0.187. The van der Waals surface area contributed by atoms with Crippen LogP contribution in [0.1, 0.15) is 30.0 Å². The fourth-order valence-corrected chi connectivity index (χ4v) is 3.72. The van der Waals surface area contributed by atoms with Gasteiger partial charge in [0.15, 0.2) is 0 Å². The highest BCUT2D eigenvalue weighted by atomic mass is 19.1. The highest BCUT2D eigenvalue weighted by Crippen LogP contribution is 2.36. The van der Waals surface area contributed by atoms with Gasteiger partial charge < -0.3 is 0 Å². The normalized spacial score (nSPS) is 12.6. The van der Waals surface area contributed by atoms with E-state index in [0.717, 1.165) is 24.8 Å². The average molecular weight is 316 g/mol. The van der Waals surface area contributed by atoms with Crippen LogP contribution in [0, 0.1) is 5.82 Å². The van der Waals surface area contributed by atoms with E-state index in [-0.39, 0.29) is 5.82 Å². The van der Waals surface area contributed by atoms with Crippen molar-refractivity contribution in [3.63, 3.8) is 0 Å². The van der Waals surface area contributed by atoms with Crippen LogP contribution < -0.4 is 0 Å². The van der Waals surface area contributed by atoms with Gasteiger partial charge >= 0.3 is 0 Å². The molecule has 4 rings (SSSR count). The Morgan fingerprint density at radius 3 is 2.08 bits per heavy atom. The lowest BCUT2D eigenvalue weighted by atomic mass is 9.83. The maximum atomic E-state index is 13.1. The summed E-state index contributed by atoms with van der Waals surface area (Å²) in [4.78, 5) is 0. The Bertz CT molecular complexity index is 875. The van der Waals surface area contributed by atoms with Crippen molar-refractivity contribution in [2.75, 3.05) is 0 Å². The number of aryl methyl sites for hydroxylation is 3. The highest BCUT2D eigenvalue weighted by Gasteiger charge is 2.17. The maximum Gasteiger partial charge on any atom is 0.123 e. The molecular formula is C23H21F. The van der Waals surface area contributed by atoms with Crippen molar-refractivity contribution in [1.29, 1.82) is 0 Å². The van der Waals surface area contributed by atoms with Gasteiger partial charge in [0.1, 0.15) is 5.82 Å². The molecule has 0 aliphatic heterocycles. The summed E-state index contributed by atoms with van der Waals surface area (Å²) in [5.41, 5.74) is 9.29. The molecule has 0 atom stereocenters. The van der Waals surface area contributed by atoms with E-state index in [9.17, 15) is 4.39 Å². The van der Waals surface area contributed by atoms with Crippen molar-refractivity contribution in [2.45, 2.75) is 32.6 Å². The highest BCUT2D eigenvalue weighted by molar-refractivity contribution is 5.77. The second-order valence-corrected chi connectivity index (χ2v) is 6.62. The molecule has 0 N–H and O–H groups in total. The van der Waals surface area contributed by atoms with Crippen molar-refractivity contribution in [3.8, 4) is 22.3 Å². The SMILES string of the molecule is CCCc1ccc2c(c1)CCc1cc(-c3ccc(F)cc3)ccc1-2. The zero-order valence-corrected chi connectivity index (χ0v) is 14.0. The monoisotopic (exact) mass is 316 g/mol. The minimum Gasteiger partial charge on any atom is -0.207 e. The van der Waals surface area contributed by atoms with Crippen molar-refractivity contribution in [2.24, 2.45) is 0 Å². The molecule has 0 bridgehead atoms. The number of rotatable bonds is 3. The zero-order chi connectivity index (χ0) is 16.5. The second-order valence-electron chi connectivity index (χ2n) is 6.62. The lowest BCUT2D eigenvalue weighted by molar-refractivity contribution is 0.628. The van der Waals surface area contributed by atoms with Crippen molar-refractivity contribution in [3.05, 3.63) is 83.2 Å². The fraction of sp³-hybridized carbons (Fsp3) is 0.217. The number of fused-ring (bicyclic) bond motifs is 3. The summed E-state index contributed by atoms with van der Waals surface area (Å²) in [7, 11) is 0. The van der Waals surface area contributed by atoms with Gasteiger partial charge in [0, 0.05) is 0 Å².